The number of rotatable bonds is 2. The Hall–Kier alpha value is -1.74. The van der Waals surface area contributed by atoms with Crippen LogP contribution in [0.15, 0.2) is 12.4 Å². The van der Waals surface area contributed by atoms with Crippen molar-refractivity contribution in [2.45, 2.75) is 24.6 Å². The molecule has 6 nitrogen and oxygen atoms in total. The van der Waals surface area contributed by atoms with Gasteiger partial charge in [0.1, 0.15) is 12.0 Å². The van der Waals surface area contributed by atoms with E-state index in [1.807, 2.05) is 0 Å². The van der Waals surface area contributed by atoms with Crippen molar-refractivity contribution in [2.75, 3.05) is 13.1 Å². The number of hydrogen-bond acceptors (Lipinski definition) is 5. The number of aliphatic hydroxyl groups is 1. The molecule has 3 heterocycles. The molecule has 1 aliphatic rings. The molecule has 2 N–H and O–H groups in total. The highest BCUT2D eigenvalue weighted by atomic mass is 19.3. The van der Waals surface area contributed by atoms with E-state index in [0.29, 0.717) is 6.54 Å². The maximum Gasteiger partial charge on any atom is 0.280 e. The lowest BCUT2D eigenvalue weighted by atomic mass is 9.89. The van der Waals surface area contributed by atoms with Crippen LogP contribution in [0, 0.1) is 0 Å². The first-order valence-corrected chi connectivity index (χ1v) is 6.09. The third-order valence-electron chi connectivity index (χ3n) is 3.43. The van der Waals surface area contributed by atoms with Gasteiger partial charge in [0.25, 0.3) is 12.2 Å². The maximum atomic E-state index is 15.1. The summed E-state index contributed by atoms with van der Waals surface area (Å²) in [5.41, 5.74) is -2.97. The van der Waals surface area contributed by atoms with Gasteiger partial charge < -0.3 is 10.4 Å². The van der Waals surface area contributed by atoms with Crippen LogP contribution in [0.4, 0.5) is 13.2 Å². The van der Waals surface area contributed by atoms with E-state index < -0.39 is 23.9 Å². The summed E-state index contributed by atoms with van der Waals surface area (Å²) < 4.78 is 41.8. The molecule has 0 saturated carbocycles. The molecule has 3 rings (SSSR count). The fraction of sp³-hybridized carbons (Fsp3) is 0.545. The summed E-state index contributed by atoms with van der Waals surface area (Å²) in [5.74, 6) is -0.118. The summed E-state index contributed by atoms with van der Waals surface area (Å²) in [7, 11) is 0. The van der Waals surface area contributed by atoms with E-state index in [1.165, 1.54) is 0 Å². The molecule has 0 aliphatic carbocycles. The Morgan fingerprint density at radius 1 is 1.50 bits per heavy atom. The predicted molar refractivity (Wildman–Crippen MR) is 62.0 cm³/mol. The number of alkyl halides is 3. The van der Waals surface area contributed by atoms with Gasteiger partial charge in [-0.05, 0) is 19.0 Å². The van der Waals surface area contributed by atoms with Crippen molar-refractivity contribution in [3.63, 3.8) is 0 Å². The molecular formula is C11H12F3N5O. The number of nitrogens with zero attached hydrogens (tertiary/aromatic N) is 4. The second kappa shape index (κ2) is 4.67. The number of hydrogen-bond donors (Lipinski definition) is 2. The molecule has 0 radical (unpaired) electrons. The van der Waals surface area contributed by atoms with Gasteiger partial charge in [0, 0.05) is 6.54 Å². The first kappa shape index (κ1) is 13.3. The minimum Gasteiger partial charge on any atom is -0.389 e. The Balaban J connectivity index is 2.20. The van der Waals surface area contributed by atoms with Crippen LogP contribution in [0.2, 0.25) is 0 Å². The van der Waals surface area contributed by atoms with Crippen molar-refractivity contribution in [3.8, 4) is 0 Å². The number of piperidine rings is 1. The smallest absolute Gasteiger partial charge is 0.280 e. The van der Waals surface area contributed by atoms with E-state index in [2.05, 4.69) is 20.4 Å². The number of halogens is 3. The molecular weight excluding hydrogens is 275 g/mol. The van der Waals surface area contributed by atoms with Crippen molar-refractivity contribution in [1.29, 1.82) is 0 Å². The zero-order chi connectivity index (χ0) is 14.3. The Bertz CT molecular complexity index is 634. The zero-order valence-electron chi connectivity index (χ0n) is 10.3. The zero-order valence-corrected chi connectivity index (χ0v) is 10.3. The van der Waals surface area contributed by atoms with E-state index in [9.17, 15) is 13.9 Å². The molecule has 0 spiro atoms. The van der Waals surface area contributed by atoms with Crippen molar-refractivity contribution in [1.82, 2.24) is 24.9 Å². The minimum absolute atomic E-state index is 0.118. The molecule has 0 aromatic carbocycles. The van der Waals surface area contributed by atoms with Crippen molar-refractivity contribution < 1.29 is 18.3 Å². The van der Waals surface area contributed by atoms with E-state index in [4.69, 9.17) is 0 Å². The molecule has 2 aromatic heterocycles. The summed E-state index contributed by atoms with van der Waals surface area (Å²) in [6.07, 6.45) is -2.87. The third kappa shape index (κ3) is 1.93. The van der Waals surface area contributed by atoms with Gasteiger partial charge in [0.05, 0.1) is 11.8 Å². The monoisotopic (exact) mass is 287 g/mol. The normalized spacial score (nSPS) is 27.4. The minimum atomic E-state index is -2.85. The van der Waals surface area contributed by atoms with Crippen LogP contribution in [-0.4, -0.2) is 43.9 Å². The number of nitrogens with one attached hydrogen (secondary N) is 1. The summed E-state index contributed by atoms with van der Waals surface area (Å²) >= 11 is 0. The van der Waals surface area contributed by atoms with Crippen LogP contribution in [-0.2, 0) is 5.67 Å². The quantitative estimate of drug-likeness (QED) is 0.845. The van der Waals surface area contributed by atoms with Gasteiger partial charge in [-0.1, -0.05) is 0 Å². The molecule has 0 bridgehead atoms. The van der Waals surface area contributed by atoms with E-state index in [0.717, 1.165) is 16.9 Å². The molecule has 0 amide bonds. The Kier molecular flexibility index (Phi) is 3.09. The SMILES string of the molecule is O[C@@H]1CCNC[C@@]1(F)c1cc(C(F)F)nc2ncnn12. The molecule has 9 heteroatoms. The first-order chi connectivity index (χ1) is 9.52. The molecule has 20 heavy (non-hydrogen) atoms. The van der Waals surface area contributed by atoms with Crippen LogP contribution in [0.25, 0.3) is 5.78 Å². The predicted octanol–water partition coefficient (Wildman–Crippen LogP) is 0.581. The summed E-state index contributed by atoms with van der Waals surface area (Å²) in [6, 6.07) is 0.933. The third-order valence-corrected chi connectivity index (χ3v) is 3.43. The van der Waals surface area contributed by atoms with Crippen molar-refractivity contribution >= 4 is 5.78 Å². The number of aliphatic hydroxyl groups excluding tert-OH is 1. The number of fused-ring (bicyclic) bond motifs is 1. The fourth-order valence-electron chi connectivity index (χ4n) is 2.36. The van der Waals surface area contributed by atoms with Gasteiger partial charge in [-0.2, -0.15) is 14.6 Å². The van der Waals surface area contributed by atoms with Crippen LogP contribution < -0.4 is 5.32 Å². The lowest BCUT2D eigenvalue weighted by Gasteiger charge is -2.35. The highest BCUT2D eigenvalue weighted by Crippen LogP contribution is 2.34. The van der Waals surface area contributed by atoms with Gasteiger partial charge >= 0.3 is 0 Å². The molecule has 2 aromatic rings. The lowest BCUT2D eigenvalue weighted by molar-refractivity contribution is -0.0378. The topological polar surface area (TPSA) is 75.3 Å². The Labute approximate surface area is 111 Å². The fourth-order valence-corrected chi connectivity index (χ4v) is 2.36. The van der Waals surface area contributed by atoms with Gasteiger partial charge in [-0.15, -0.1) is 0 Å². The lowest BCUT2D eigenvalue weighted by Crippen LogP contribution is -2.51. The van der Waals surface area contributed by atoms with Crippen molar-refractivity contribution in [2.24, 2.45) is 0 Å². The average Bonchev–Trinajstić information content (AvgIpc) is 2.89. The van der Waals surface area contributed by atoms with Gasteiger partial charge in [-0.3, -0.25) is 0 Å². The summed E-state index contributed by atoms with van der Waals surface area (Å²) in [6.45, 7) is 0.274. The van der Waals surface area contributed by atoms with Crippen LogP contribution in [0.3, 0.4) is 0 Å². The first-order valence-electron chi connectivity index (χ1n) is 6.09. The average molecular weight is 287 g/mol. The molecule has 1 aliphatic heterocycles. The second-order valence-electron chi connectivity index (χ2n) is 4.68. The molecule has 108 valence electrons. The molecule has 1 fully saturated rings. The summed E-state index contributed by atoms with van der Waals surface area (Å²) in [4.78, 5) is 7.33. The van der Waals surface area contributed by atoms with E-state index in [-0.39, 0.29) is 24.4 Å². The standard InChI is InChI=1S/C11H12F3N5O/c12-9(13)6-3-7(19-10(18-6)16-5-17-19)11(14)4-15-2-1-8(11)20/h3,5,8-9,15,20H,1-2,4H2/t8-,11-/m1/s1. The van der Waals surface area contributed by atoms with E-state index >= 15 is 4.39 Å². The van der Waals surface area contributed by atoms with Crippen LogP contribution in [0.5, 0.6) is 0 Å². The van der Waals surface area contributed by atoms with E-state index in [1.54, 1.807) is 0 Å². The van der Waals surface area contributed by atoms with Crippen molar-refractivity contribution in [3.05, 3.63) is 23.8 Å². The van der Waals surface area contributed by atoms with Gasteiger partial charge in [0.2, 0.25) is 0 Å². The second-order valence-corrected chi connectivity index (χ2v) is 4.68. The molecule has 2 atom stereocenters. The van der Waals surface area contributed by atoms with Crippen LogP contribution in [0.1, 0.15) is 24.2 Å². The molecule has 1 saturated heterocycles. The summed E-state index contributed by atoms with van der Waals surface area (Å²) in [5, 5.41) is 16.5. The van der Waals surface area contributed by atoms with Gasteiger partial charge in [-0.25, -0.2) is 18.2 Å². The number of aromatic nitrogens is 4. The molecule has 0 unspecified atom stereocenters. The Morgan fingerprint density at radius 3 is 3.00 bits per heavy atom. The Morgan fingerprint density at radius 2 is 2.30 bits per heavy atom. The maximum absolute atomic E-state index is 15.1. The van der Waals surface area contributed by atoms with Gasteiger partial charge in [0.15, 0.2) is 5.67 Å². The largest absolute Gasteiger partial charge is 0.389 e. The highest BCUT2D eigenvalue weighted by Gasteiger charge is 2.45. The van der Waals surface area contributed by atoms with Crippen LogP contribution >= 0.6 is 0 Å². The highest BCUT2D eigenvalue weighted by molar-refractivity contribution is 5.34.